The van der Waals surface area contributed by atoms with Gasteiger partial charge < -0.3 is 4.90 Å². The van der Waals surface area contributed by atoms with Crippen LogP contribution >= 0.6 is 11.3 Å². The molecule has 1 aliphatic rings. The number of anilines is 1. The first-order chi connectivity index (χ1) is 5.90. The van der Waals surface area contributed by atoms with E-state index in [1.165, 1.54) is 5.00 Å². The molecule has 0 atom stereocenters. The van der Waals surface area contributed by atoms with Gasteiger partial charge >= 0.3 is 0 Å². The van der Waals surface area contributed by atoms with E-state index < -0.39 is 0 Å². The van der Waals surface area contributed by atoms with Crippen LogP contribution < -0.4 is 4.90 Å². The van der Waals surface area contributed by atoms with Crippen molar-refractivity contribution >= 4 is 16.3 Å². The van der Waals surface area contributed by atoms with Crippen LogP contribution in [0.2, 0.25) is 0 Å². The van der Waals surface area contributed by atoms with E-state index in [0.29, 0.717) is 0 Å². The average molecular weight is 180 g/mol. The molecule has 0 bridgehead atoms. The quantitative estimate of drug-likeness (QED) is 0.391. The van der Waals surface area contributed by atoms with Crippen LogP contribution in [0.25, 0.3) is 10.4 Å². The van der Waals surface area contributed by atoms with Gasteiger partial charge in [-0.15, -0.1) is 11.3 Å². The predicted molar refractivity (Wildman–Crippen MR) is 49.5 cm³/mol. The highest BCUT2D eigenvalue weighted by Gasteiger charge is 2.25. The van der Waals surface area contributed by atoms with Crippen LogP contribution in [0.1, 0.15) is 0 Å². The molecule has 0 N–H and O–H groups in total. The molecule has 0 spiro atoms. The summed E-state index contributed by atoms with van der Waals surface area (Å²) in [4.78, 5) is 4.99. The van der Waals surface area contributed by atoms with E-state index in [0.717, 1.165) is 13.1 Å². The molecule has 1 fully saturated rings. The molecule has 5 heteroatoms. The SMILES string of the molecule is [N-]=[N+]=NC1CN(c2cccs2)C1. The summed E-state index contributed by atoms with van der Waals surface area (Å²) in [6, 6.07) is 4.29. The van der Waals surface area contributed by atoms with Crippen molar-refractivity contribution < 1.29 is 0 Å². The van der Waals surface area contributed by atoms with Gasteiger partial charge in [0.1, 0.15) is 0 Å². The Labute approximate surface area is 74.1 Å². The van der Waals surface area contributed by atoms with E-state index in [2.05, 4.69) is 26.4 Å². The predicted octanol–water partition coefficient (Wildman–Crippen LogP) is 2.25. The molecule has 12 heavy (non-hydrogen) atoms. The van der Waals surface area contributed by atoms with Crippen molar-refractivity contribution in [3.8, 4) is 0 Å². The van der Waals surface area contributed by atoms with Crippen molar-refractivity contribution in [2.75, 3.05) is 18.0 Å². The minimum atomic E-state index is 0.178. The minimum Gasteiger partial charge on any atom is -0.362 e. The topological polar surface area (TPSA) is 52.0 Å². The Morgan fingerprint density at radius 2 is 2.50 bits per heavy atom. The second-order valence-electron chi connectivity index (χ2n) is 2.72. The Balaban J connectivity index is 1.94. The van der Waals surface area contributed by atoms with Crippen LogP contribution in [-0.4, -0.2) is 19.1 Å². The van der Waals surface area contributed by atoms with Gasteiger partial charge in [0.05, 0.1) is 11.0 Å². The fourth-order valence-electron chi connectivity index (χ4n) is 1.23. The van der Waals surface area contributed by atoms with Crippen molar-refractivity contribution in [2.24, 2.45) is 5.11 Å². The fraction of sp³-hybridized carbons (Fsp3) is 0.429. The zero-order chi connectivity index (χ0) is 8.39. The Morgan fingerprint density at radius 1 is 1.67 bits per heavy atom. The standard InChI is InChI=1S/C7H8N4S/c8-10-9-6-4-11(5-6)7-2-1-3-12-7/h1-3,6H,4-5H2. The summed E-state index contributed by atoms with van der Waals surface area (Å²) in [5.41, 5.74) is 8.16. The molecule has 4 nitrogen and oxygen atoms in total. The number of nitrogens with zero attached hydrogens (tertiary/aromatic N) is 4. The Kier molecular flexibility index (Phi) is 1.89. The average Bonchev–Trinajstić information content (AvgIpc) is 2.47. The van der Waals surface area contributed by atoms with Gasteiger partial charge in [0, 0.05) is 18.0 Å². The van der Waals surface area contributed by atoms with E-state index in [-0.39, 0.29) is 6.04 Å². The summed E-state index contributed by atoms with van der Waals surface area (Å²) in [6.45, 7) is 1.73. The van der Waals surface area contributed by atoms with Crippen LogP contribution in [0, 0.1) is 0 Å². The van der Waals surface area contributed by atoms with Gasteiger partial charge in [0.15, 0.2) is 0 Å². The van der Waals surface area contributed by atoms with Gasteiger partial charge in [-0.1, -0.05) is 5.11 Å². The third-order valence-corrected chi connectivity index (χ3v) is 2.82. The van der Waals surface area contributed by atoms with Crippen molar-refractivity contribution in [3.05, 3.63) is 28.0 Å². The Morgan fingerprint density at radius 3 is 3.08 bits per heavy atom. The monoisotopic (exact) mass is 180 g/mol. The normalized spacial score (nSPS) is 16.8. The largest absolute Gasteiger partial charge is 0.362 e. The second-order valence-corrected chi connectivity index (χ2v) is 3.64. The number of hydrogen-bond donors (Lipinski definition) is 0. The van der Waals surface area contributed by atoms with Gasteiger partial charge in [-0.25, -0.2) is 0 Å². The van der Waals surface area contributed by atoms with Crippen molar-refractivity contribution in [3.63, 3.8) is 0 Å². The molecule has 0 saturated carbocycles. The number of rotatable bonds is 2. The van der Waals surface area contributed by atoms with Crippen LogP contribution in [0.5, 0.6) is 0 Å². The molecule has 2 heterocycles. The highest BCUT2D eigenvalue weighted by molar-refractivity contribution is 7.14. The summed E-state index contributed by atoms with van der Waals surface area (Å²) < 4.78 is 0. The first-order valence-corrected chi connectivity index (χ1v) is 4.61. The maximum atomic E-state index is 8.16. The van der Waals surface area contributed by atoms with Crippen LogP contribution in [0.4, 0.5) is 5.00 Å². The van der Waals surface area contributed by atoms with E-state index in [4.69, 9.17) is 5.53 Å². The molecular formula is C7H8N4S. The molecule has 0 aromatic carbocycles. The summed E-state index contributed by atoms with van der Waals surface area (Å²) in [6.07, 6.45) is 0. The number of azide groups is 1. The van der Waals surface area contributed by atoms with Crippen LogP contribution in [0.3, 0.4) is 0 Å². The molecule has 0 unspecified atom stereocenters. The molecule has 1 saturated heterocycles. The molecule has 62 valence electrons. The second kappa shape index (κ2) is 3.05. The van der Waals surface area contributed by atoms with Gasteiger partial charge in [0.25, 0.3) is 0 Å². The van der Waals surface area contributed by atoms with Crippen molar-refractivity contribution in [1.82, 2.24) is 0 Å². The first kappa shape index (κ1) is 7.46. The number of hydrogen-bond acceptors (Lipinski definition) is 3. The smallest absolute Gasteiger partial charge is 0.0908 e. The lowest BCUT2D eigenvalue weighted by Gasteiger charge is -2.37. The van der Waals surface area contributed by atoms with Gasteiger partial charge in [-0.05, 0) is 23.0 Å². The van der Waals surface area contributed by atoms with E-state index in [9.17, 15) is 0 Å². The lowest BCUT2D eigenvalue weighted by atomic mass is 10.1. The van der Waals surface area contributed by atoms with E-state index in [1.54, 1.807) is 11.3 Å². The van der Waals surface area contributed by atoms with Gasteiger partial charge in [-0.3, -0.25) is 0 Å². The molecule has 0 amide bonds. The summed E-state index contributed by atoms with van der Waals surface area (Å²) >= 11 is 1.72. The van der Waals surface area contributed by atoms with Crippen LogP contribution in [0.15, 0.2) is 22.6 Å². The third-order valence-electron chi connectivity index (χ3n) is 1.90. The lowest BCUT2D eigenvalue weighted by molar-refractivity contribution is 0.521. The molecule has 0 aliphatic carbocycles. The zero-order valence-electron chi connectivity index (χ0n) is 6.42. The third kappa shape index (κ3) is 1.24. The molecule has 2 rings (SSSR count). The molecule has 0 radical (unpaired) electrons. The molecule has 1 aromatic rings. The van der Waals surface area contributed by atoms with E-state index >= 15 is 0 Å². The molecule has 1 aliphatic heterocycles. The van der Waals surface area contributed by atoms with Gasteiger partial charge in [0.2, 0.25) is 0 Å². The maximum absolute atomic E-state index is 8.16. The van der Waals surface area contributed by atoms with Crippen molar-refractivity contribution in [1.29, 1.82) is 0 Å². The highest BCUT2D eigenvalue weighted by Crippen LogP contribution is 2.26. The number of thiophene rings is 1. The highest BCUT2D eigenvalue weighted by atomic mass is 32.1. The summed E-state index contributed by atoms with van der Waals surface area (Å²) in [7, 11) is 0. The van der Waals surface area contributed by atoms with Crippen LogP contribution in [-0.2, 0) is 0 Å². The molecular weight excluding hydrogens is 172 g/mol. The minimum absolute atomic E-state index is 0.178. The Hall–Kier alpha value is -1.19. The Bertz CT molecular complexity index is 295. The summed E-state index contributed by atoms with van der Waals surface area (Å²) in [5.74, 6) is 0. The fourth-order valence-corrected chi connectivity index (χ4v) is 1.98. The molecule has 1 aromatic heterocycles. The summed E-state index contributed by atoms with van der Waals surface area (Å²) in [5, 5.41) is 6.95. The van der Waals surface area contributed by atoms with Gasteiger partial charge in [-0.2, -0.15) is 0 Å². The maximum Gasteiger partial charge on any atom is 0.0908 e. The van der Waals surface area contributed by atoms with Crippen molar-refractivity contribution in [2.45, 2.75) is 6.04 Å². The zero-order valence-corrected chi connectivity index (χ0v) is 7.24. The lowest BCUT2D eigenvalue weighted by Crippen LogP contribution is -2.49. The van der Waals surface area contributed by atoms with E-state index in [1.807, 2.05) is 6.07 Å². The first-order valence-electron chi connectivity index (χ1n) is 3.73.